The highest BCUT2D eigenvalue weighted by Gasteiger charge is 2.15. The first-order chi connectivity index (χ1) is 10.9. The Morgan fingerprint density at radius 2 is 1.87 bits per heavy atom. The average Bonchev–Trinajstić information content (AvgIpc) is 2.55. The van der Waals surface area contributed by atoms with Crippen molar-refractivity contribution in [1.29, 1.82) is 0 Å². The molecule has 2 N–H and O–H groups in total. The van der Waals surface area contributed by atoms with Crippen LogP contribution in [-0.4, -0.2) is 20.9 Å². The van der Waals surface area contributed by atoms with E-state index in [1.807, 2.05) is 0 Å². The lowest BCUT2D eigenvalue weighted by molar-refractivity contribution is 0.102. The van der Waals surface area contributed by atoms with Crippen LogP contribution in [0.4, 0.5) is 5.69 Å². The molecule has 0 saturated carbocycles. The first kappa shape index (κ1) is 17.4. The van der Waals surface area contributed by atoms with Crippen molar-refractivity contribution in [2.75, 3.05) is 11.9 Å². The van der Waals surface area contributed by atoms with Crippen molar-refractivity contribution in [3.05, 3.63) is 71.2 Å². The Bertz CT molecular complexity index is 817. The van der Waals surface area contributed by atoms with Gasteiger partial charge in [-0.2, -0.15) is 0 Å². The van der Waals surface area contributed by atoms with Crippen molar-refractivity contribution < 1.29 is 13.2 Å². The summed E-state index contributed by atoms with van der Waals surface area (Å²) < 4.78 is 27.4. The van der Waals surface area contributed by atoms with E-state index in [0.29, 0.717) is 5.69 Å². The number of amides is 1. The van der Waals surface area contributed by atoms with Crippen LogP contribution in [0.25, 0.3) is 0 Å². The second-order valence-electron chi connectivity index (χ2n) is 4.63. The predicted octanol–water partition coefficient (Wildman–Crippen LogP) is 3.17. The molecule has 7 heteroatoms. The second kappa shape index (κ2) is 7.54. The summed E-state index contributed by atoms with van der Waals surface area (Å²) in [6.07, 6.45) is 1.45. The van der Waals surface area contributed by atoms with Crippen molar-refractivity contribution in [1.82, 2.24) is 4.72 Å². The molecule has 0 aliphatic heterocycles. The Hall–Kier alpha value is -1.96. The van der Waals surface area contributed by atoms with Crippen LogP contribution in [0.5, 0.6) is 0 Å². The maximum Gasteiger partial charge on any atom is 0.255 e. The van der Waals surface area contributed by atoms with Crippen LogP contribution < -0.4 is 10.0 Å². The van der Waals surface area contributed by atoms with Gasteiger partial charge in [-0.3, -0.25) is 4.79 Å². The molecule has 0 fully saturated rings. The summed E-state index contributed by atoms with van der Waals surface area (Å²) in [5, 5.41) is 2.72. The van der Waals surface area contributed by atoms with Crippen LogP contribution in [0.15, 0.2) is 70.6 Å². The monoisotopic (exact) mass is 394 g/mol. The van der Waals surface area contributed by atoms with E-state index in [4.69, 9.17) is 0 Å². The highest BCUT2D eigenvalue weighted by molar-refractivity contribution is 9.10. The molecule has 0 atom stereocenters. The highest BCUT2D eigenvalue weighted by Crippen LogP contribution is 2.16. The third-order valence-corrected chi connectivity index (χ3v) is 4.88. The van der Waals surface area contributed by atoms with Gasteiger partial charge in [0.05, 0.1) is 4.90 Å². The number of halogens is 1. The highest BCUT2D eigenvalue weighted by atomic mass is 79.9. The van der Waals surface area contributed by atoms with Crippen LogP contribution in [0, 0.1) is 0 Å². The molecule has 0 aliphatic rings. The van der Waals surface area contributed by atoms with Crippen LogP contribution >= 0.6 is 15.9 Å². The molecule has 0 aromatic heterocycles. The van der Waals surface area contributed by atoms with Crippen LogP contribution in [0.2, 0.25) is 0 Å². The van der Waals surface area contributed by atoms with Gasteiger partial charge < -0.3 is 5.32 Å². The Morgan fingerprint density at radius 1 is 1.17 bits per heavy atom. The van der Waals surface area contributed by atoms with E-state index in [1.54, 1.807) is 30.3 Å². The first-order valence-corrected chi connectivity index (χ1v) is 8.97. The van der Waals surface area contributed by atoms with E-state index in [2.05, 4.69) is 32.5 Å². The van der Waals surface area contributed by atoms with Gasteiger partial charge in [0, 0.05) is 22.3 Å². The van der Waals surface area contributed by atoms with Crippen molar-refractivity contribution in [2.24, 2.45) is 0 Å². The summed E-state index contributed by atoms with van der Waals surface area (Å²) in [6.45, 7) is 3.58. The molecular formula is C16H15BrN2O3S. The molecule has 1 amide bonds. The maximum absolute atomic E-state index is 12.2. The lowest BCUT2D eigenvalue weighted by atomic mass is 10.2. The Morgan fingerprint density at radius 3 is 2.52 bits per heavy atom. The van der Waals surface area contributed by atoms with E-state index in [1.165, 1.54) is 24.3 Å². The smallest absolute Gasteiger partial charge is 0.255 e. The summed E-state index contributed by atoms with van der Waals surface area (Å²) in [5.41, 5.74) is 0.880. The number of hydrogen-bond donors (Lipinski definition) is 2. The lowest BCUT2D eigenvalue weighted by Gasteiger charge is -2.08. The van der Waals surface area contributed by atoms with Gasteiger partial charge in [0.25, 0.3) is 5.91 Å². The van der Waals surface area contributed by atoms with Gasteiger partial charge in [-0.1, -0.05) is 28.1 Å². The average molecular weight is 395 g/mol. The zero-order valence-electron chi connectivity index (χ0n) is 12.1. The lowest BCUT2D eigenvalue weighted by Crippen LogP contribution is -2.24. The Labute approximate surface area is 143 Å². The van der Waals surface area contributed by atoms with Gasteiger partial charge in [-0.05, 0) is 42.5 Å². The predicted molar refractivity (Wildman–Crippen MR) is 93.9 cm³/mol. The van der Waals surface area contributed by atoms with Gasteiger partial charge in [0.1, 0.15) is 0 Å². The number of carbonyl (C=O) groups excluding carboxylic acids is 1. The van der Waals surface area contributed by atoms with Gasteiger partial charge in [-0.25, -0.2) is 13.1 Å². The maximum atomic E-state index is 12.2. The molecule has 0 radical (unpaired) electrons. The summed E-state index contributed by atoms with van der Waals surface area (Å²) in [7, 11) is -3.66. The molecule has 2 aromatic rings. The van der Waals surface area contributed by atoms with E-state index in [-0.39, 0.29) is 22.9 Å². The number of anilines is 1. The first-order valence-electron chi connectivity index (χ1n) is 6.70. The van der Waals surface area contributed by atoms with Crippen molar-refractivity contribution in [2.45, 2.75) is 4.90 Å². The Balaban J connectivity index is 2.20. The second-order valence-corrected chi connectivity index (χ2v) is 7.31. The zero-order chi connectivity index (χ0) is 16.9. The topological polar surface area (TPSA) is 75.3 Å². The minimum absolute atomic E-state index is 0.0304. The molecule has 0 unspecified atom stereocenters. The van der Waals surface area contributed by atoms with Crippen LogP contribution in [0.3, 0.4) is 0 Å². The number of benzene rings is 2. The SMILES string of the molecule is C=CCNS(=O)(=O)c1cccc(C(=O)Nc2ccc(Br)cc2)c1. The van der Waals surface area contributed by atoms with Gasteiger partial charge in [-0.15, -0.1) is 6.58 Å². The molecule has 5 nitrogen and oxygen atoms in total. The molecule has 23 heavy (non-hydrogen) atoms. The van der Waals surface area contributed by atoms with E-state index < -0.39 is 10.0 Å². The summed E-state index contributed by atoms with van der Waals surface area (Å²) in [6, 6.07) is 12.9. The van der Waals surface area contributed by atoms with Crippen LogP contribution in [0.1, 0.15) is 10.4 Å². The van der Waals surface area contributed by atoms with Crippen molar-refractivity contribution in [3.8, 4) is 0 Å². The van der Waals surface area contributed by atoms with Crippen molar-refractivity contribution >= 4 is 37.5 Å². The molecular weight excluding hydrogens is 380 g/mol. The number of hydrogen-bond acceptors (Lipinski definition) is 3. The van der Waals surface area contributed by atoms with E-state index in [9.17, 15) is 13.2 Å². The normalized spacial score (nSPS) is 11.0. The fourth-order valence-corrected chi connectivity index (χ4v) is 3.10. The Kier molecular flexibility index (Phi) is 5.70. The fourth-order valence-electron chi connectivity index (χ4n) is 1.79. The molecule has 0 spiro atoms. The van der Waals surface area contributed by atoms with E-state index in [0.717, 1.165) is 4.47 Å². The molecule has 0 aliphatic carbocycles. The minimum Gasteiger partial charge on any atom is -0.322 e. The zero-order valence-corrected chi connectivity index (χ0v) is 14.5. The third kappa shape index (κ3) is 4.75. The summed E-state index contributed by atoms with van der Waals surface area (Å²) >= 11 is 3.32. The van der Waals surface area contributed by atoms with Crippen LogP contribution in [-0.2, 0) is 10.0 Å². The summed E-state index contributed by atoms with van der Waals surface area (Å²) in [4.78, 5) is 12.3. The molecule has 2 rings (SSSR count). The molecule has 0 saturated heterocycles. The molecule has 120 valence electrons. The van der Waals surface area contributed by atoms with Crippen molar-refractivity contribution in [3.63, 3.8) is 0 Å². The van der Waals surface area contributed by atoms with Gasteiger partial charge in [0.2, 0.25) is 10.0 Å². The molecule has 0 bridgehead atoms. The standard InChI is InChI=1S/C16H15BrN2O3S/c1-2-10-18-23(21,22)15-5-3-4-12(11-15)16(20)19-14-8-6-13(17)7-9-14/h2-9,11,18H,1,10H2,(H,19,20). The molecule has 0 heterocycles. The molecule has 2 aromatic carbocycles. The largest absolute Gasteiger partial charge is 0.322 e. The summed E-state index contributed by atoms with van der Waals surface area (Å²) in [5.74, 6) is -0.381. The third-order valence-electron chi connectivity index (χ3n) is 2.93. The number of carbonyl (C=O) groups is 1. The quantitative estimate of drug-likeness (QED) is 0.738. The fraction of sp³-hybridized carbons (Fsp3) is 0.0625. The number of sulfonamides is 1. The van der Waals surface area contributed by atoms with Gasteiger partial charge >= 0.3 is 0 Å². The minimum atomic E-state index is -3.66. The number of rotatable bonds is 6. The van der Waals surface area contributed by atoms with E-state index >= 15 is 0 Å². The number of nitrogens with one attached hydrogen (secondary N) is 2. The van der Waals surface area contributed by atoms with Gasteiger partial charge in [0.15, 0.2) is 0 Å².